The molecule has 19 heavy (non-hydrogen) atoms. The van der Waals surface area contributed by atoms with Crippen molar-refractivity contribution in [2.75, 3.05) is 5.32 Å². The number of para-hydroxylation sites is 2. The molecule has 0 radical (unpaired) electrons. The van der Waals surface area contributed by atoms with Gasteiger partial charge < -0.3 is 5.32 Å². The summed E-state index contributed by atoms with van der Waals surface area (Å²) in [5.41, 5.74) is 3.49. The molecule has 0 saturated heterocycles. The number of carbonyl (C=O) groups excluding carboxylic acids is 1. The van der Waals surface area contributed by atoms with Gasteiger partial charge in [-0.1, -0.05) is 24.3 Å². The van der Waals surface area contributed by atoms with Crippen molar-refractivity contribution in [1.82, 2.24) is 9.55 Å². The number of carbonyl (C=O) groups is 1. The second kappa shape index (κ2) is 4.57. The van der Waals surface area contributed by atoms with Gasteiger partial charge in [-0.3, -0.25) is 4.57 Å². The van der Waals surface area contributed by atoms with Crippen LogP contribution in [0.15, 0.2) is 54.9 Å². The highest BCUT2D eigenvalue weighted by atomic mass is 16.2. The van der Waals surface area contributed by atoms with Crippen LogP contribution in [0.2, 0.25) is 0 Å². The quantitative estimate of drug-likeness (QED) is 0.720. The van der Waals surface area contributed by atoms with E-state index in [1.807, 2.05) is 55.5 Å². The Kier molecular flexibility index (Phi) is 2.76. The molecule has 0 unspecified atom stereocenters. The summed E-state index contributed by atoms with van der Waals surface area (Å²) in [6.07, 6.45) is 1.54. The maximum absolute atomic E-state index is 12.2. The van der Waals surface area contributed by atoms with Gasteiger partial charge in [-0.2, -0.15) is 0 Å². The van der Waals surface area contributed by atoms with E-state index in [2.05, 4.69) is 10.3 Å². The minimum absolute atomic E-state index is 0.209. The molecule has 0 aliphatic rings. The fraction of sp³-hybridized carbons (Fsp3) is 0.0667. The Hall–Kier alpha value is -2.62. The number of anilines is 1. The Balaban J connectivity index is 1.92. The van der Waals surface area contributed by atoms with Gasteiger partial charge in [-0.25, -0.2) is 9.78 Å². The predicted molar refractivity (Wildman–Crippen MR) is 75.3 cm³/mol. The predicted octanol–water partition coefficient (Wildman–Crippen LogP) is 3.42. The monoisotopic (exact) mass is 251 g/mol. The standard InChI is InChI=1S/C15H13N3O/c1-11-5-4-6-12(9-11)17-15(19)18-10-16-13-7-2-3-8-14(13)18/h2-10H,1H3,(H,17,19). The highest BCUT2D eigenvalue weighted by molar-refractivity contribution is 5.97. The van der Waals surface area contributed by atoms with Crippen molar-refractivity contribution in [2.45, 2.75) is 6.92 Å². The largest absolute Gasteiger partial charge is 0.331 e. The summed E-state index contributed by atoms with van der Waals surface area (Å²) in [5.74, 6) is 0. The highest BCUT2D eigenvalue weighted by Gasteiger charge is 2.09. The van der Waals surface area contributed by atoms with E-state index in [0.717, 1.165) is 22.3 Å². The lowest BCUT2D eigenvalue weighted by Crippen LogP contribution is -2.18. The first-order valence-corrected chi connectivity index (χ1v) is 6.04. The van der Waals surface area contributed by atoms with Crippen molar-refractivity contribution in [2.24, 2.45) is 0 Å². The molecule has 3 aromatic rings. The molecule has 1 heterocycles. The Bertz CT molecular complexity index is 746. The molecule has 94 valence electrons. The summed E-state index contributed by atoms with van der Waals surface area (Å²) in [6.45, 7) is 1.99. The lowest BCUT2D eigenvalue weighted by molar-refractivity contribution is 0.254. The van der Waals surface area contributed by atoms with E-state index >= 15 is 0 Å². The molecule has 0 atom stereocenters. The third kappa shape index (κ3) is 2.20. The fourth-order valence-electron chi connectivity index (χ4n) is 2.03. The van der Waals surface area contributed by atoms with E-state index in [1.54, 1.807) is 0 Å². The first-order valence-electron chi connectivity index (χ1n) is 6.04. The van der Waals surface area contributed by atoms with Crippen molar-refractivity contribution < 1.29 is 4.79 Å². The minimum atomic E-state index is -0.209. The number of benzene rings is 2. The first-order chi connectivity index (χ1) is 9.24. The number of rotatable bonds is 1. The second-order valence-corrected chi connectivity index (χ2v) is 4.40. The van der Waals surface area contributed by atoms with Gasteiger partial charge in [0.25, 0.3) is 0 Å². The number of fused-ring (bicyclic) bond motifs is 1. The molecule has 0 spiro atoms. The van der Waals surface area contributed by atoms with Gasteiger partial charge in [0.15, 0.2) is 0 Å². The van der Waals surface area contributed by atoms with E-state index < -0.39 is 0 Å². The van der Waals surface area contributed by atoms with Crippen LogP contribution in [0.5, 0.6) is 0 Å². The molecule has 0 saturated carbocycles. The van der Waals surface area contributed by atoms with E-state index in [0.29, 0.717) is 0 Å². The van der Waals surface area contributed by atoms with Crippen LogP contribution in [0.1, 0.15) is 5.56 Å². The average molecular weight is 251 g/mol. The number of aryl methyl sites for hydroxylation is 1. The summed E-state index contributed by atoms with van der Waals surface area (Å²) in [5, 5.41) is 2.86. The summed E-state index contributed by atoms with van der Waals surface area (Å²) in [4.78, 5) is 16.4. The van der Waals surface area contributed by atoms with Gasteiger partial charge in [0.2, 0.25) is 0 Å². The molecular formula is C15H13N3O. The third-order valence-electron chi connectivity index (χ3n) is 2.94. The maximum Gasteiger partial charge on any atom is 0.331 e. The molecule has 0 aliphatic heterocycles. The van der Waals surface area contributed by atoms with Crippen molar-refractivity contribution in [3.63, 3.8) is 0 Å². The molecule has 4 nitrogen and oxygen atoms in total. The van der Waals surface area contributed by atoms with Crippen LogP contribution in [0, 0.1) is 6.92 Å². The minimum Gasteiger partial charge on any atom is -0.307 e. The van der Waals surface area contributed by atoms with Gasteiger partial charge in [0.05, 0.1) is 11.0 Å². The van der Waals surface area contributed by atoms with Crippen molar-refractivity contribution >= 4 is 22.8 Å². The van der Waals surface area contributed by atoms with Crippen molar-refractivity contribution in [1.29, 1.82) is 0 Å². The van der Waals surface area contributed by atoms with Gasteiger partial charge in [-0.15, -0.1) is 0 Å². The summed E-state index contributed by atoms with van der Waals surface area (Å²) < 4.78 is 1.51. The van der Waals surface area contributed by atoms with Gasteiger partial charge >= 0.3 is 6.03 Å². The summed E-state index contributed by atoms with van der Waals surface area (Å²) in [6, 6.07) is 15.0. The zero-order valence-electron chi connectivity index (χ0n) is 10.5. The molecule has 0 fully saturated rings. The first kappa shape index (κ1) is 11.5. The van der Waals surface area contributed by atoms with E-state index in [4.69, 9.17) is 0 Å². The molecular weight excluding hydrogens is 238 g/mol. The second-order valence-electron chi connectivity index (χ2n) is 4.40. The van der Waals surface area contributed by atoms with Gasteiger partial charge in [0.1, 0.15) is 6.33 Å². The third-order valence-corrected chi connectivity index (χ3v) is 2.94. The number of nitrogens with zero attached hydrogens (tertiary/aromatic N) is 2. The number of hydrogen-bond acceptors (Lipinski definition) is 2. The average Bonchev–Trinajstić information content (AvgIpc) is 2.82. The van der Waals surface area contributed by atoms with Gasteiger partial charge in [0, 0.05) is 5.69 Å². The Morgan fingerprint density at radius 2 is 2.00 bits per heavy atom. The number of aromatic nitrogens is 2. The smallest absolute Gasteiger partial charge is 0.307 e. The topological polar surface area (TPSA) is 46.9 Å². The Morgan fingerprint density at radius 1 is 1.16 bits per heavy atom. The number of nitrogens with one attached hydrogen (secondary N) is 1. The van der Waals surface area contributed by atoms with Gasteiger partial charge in [-0.05, 0) is 36.8 Å². The molecule has 1 aromatic heterocycles. The molecule has 3 rings (SSSR count). The molecule has 0 bridgehead atoms. The Labute approximate surface area is 110 Å². The van der Waals surface area contributed by atoms with Crippen LogP contribution >= 0.6 is 0 Å². The van der Waals surface area contributed by atoms with Crippen LogP contribution in [0.25, 0.3) is 11.0 Å². The summed E-state index contributed by atoms with van der Waals surface area (Å²) >= 11 is 0. The fourth-order valence-corrected chi connectivity index (χ4v) is 2.03. The number of imidazole rings is 1. The normalized spacial score (nSPS) is 10.6. The van der Waals surface area contributed by atoms with E-state index in [9.17, 15) is 4.79 Å². The molecule has 1 amide bonds. The molecule has 1 N–H and O–H groups in total. The molecule has 2 aromatic carbocycles. The lowest BCUT2D eigenvalue weighted by atomic mass is 10.2. The Morgan fingerprint density at radius 3 is 2.84 bits per heavy atom. The number of hydrogen-bond donors (Lipinski definition) is 1. The van der Waals surface area contributed by atoms with Crippen LogP contribution in [-0.2, 0) is 0 Å². The summed E-state index contributed by atoms with van der Waals surface area (Å²) in [7, 11) is 0. The van der Waals surface area contributed by atoms with Crippen LogP contribution < -0.4 is 5.32 Å². The SMILES string of the molecule is Cc1cccc(NC(=O)n2cnc3ccccc32)c1. The van der Waals surface area contributed by atoms with Crippen LogP contribution in [0.3, 0.4) is 0 Å². The maximum atomic E-state index is 12.2. The lowest BCUT2D eigenvalue weighted by Gasteiger charge is -2.06. The highest BCUT2D eigenvalue weighted by Crippen LogP contribution is 2.14. The van der Waals surface area contributed by atoms with Crippen molar-refractivity contribution in [3.05, 3.63) is 60.4 Å². The van der Waals surface area contributed by atoms with E-state index in [1.165, 1.54) is 10.9 Å². The molecule has 0 aliphatic carbocycles. The molecule has 4 heteroatoms. The van der Waals surface area contributed by atoms with E-state index in [-0.39, 0.29) is 6.03 Å². The zero-order valence-corrected chi connectivity index (χ0v) is 10.5. The van der Waals surface area contributed by atoms with Crippen LogP contribution in [0.4, 0.5) is 10.5 Å². The zero-order chi connectivity index (χ0) is 13.2. The van der Waals surface area contributed by atoms with Crippen LogP contribution in [-0.4, -0.2) is 15.6 Å². The van der Waals surface area contributed by atoms with Crippen molar-refractivity contribution in [3.8, 4) is 0 Å². The number of amides is 1.